The summed E-state index contributed by atoms with van der Waals surface area (Å²) in [7, 11) is 0. The van der Waals surface area contributed by atoms with Gasteiger partial charge in [-0.25, -0.2) is 14.8 Å². The molecule has 1 aromatic carbocycles. The van der Waals surface area contributed by atoms with E-state index in [-0.39, 0.29) is 0 Å². The lowest BCUT2D eigenvalue weighted by atomic mass is 10.1. The van der Waals surface area contributed by atoms with Crippen LogP contribution in [0.4, 0.5) is 5.82 Å². The largest absolute Gasteiger partial charge is 0.478 e. The van der Waals surface area contributed by atoms with Crippen LogP contribution in [-0.4, -0.2) is 32.6 Å². The van der Waals surface area contributed by atoms with Crippen molar-refractivity contribution in [1.82, 2.24) is 15.0 Å². The molecular formula is C23H20N4O2S. The number of pyridine rings is 1. The van der Waals surface area contributed by atoms with Gasteiger partial charge >= 0.3 is 5.97 Å². The molecule has 3 aromatic heterocycles. The predicted octanol–water partition coefficient (Wildman–Crippen LogP) is 4.90. The summed E-state index contributed by atoms with van der Waals surface area (Å²) in [6.45, 7) is 0.773. The molecule has 150 valence electrons. The zero-order chi connectivity index (χ0) is 20.8. The van der Waals surface area contributed by atoms with Crippen LogP contribution < -0.4 is 5.32 Å². The number of hydrogen-bond acceptors (Lipinski definition) is 6. The van der Waals surface area contributed by atoms with Crippen LogP contribution in [0, 0.1) is 0 Å². The minimum atomic E-state index is -0.989. The molecule has 0 aliphatic carbocycles. The monoisotopic (exact) mass is 416 g/mol. The van der Waals surface area contributed by atoms with Crippen LogP contribution >= 0.6 is 11.3 Å². The number of fused-ring (bicyclic) bond motifs is 1. The Morgan fingerprint density at radius 3 is 2.67 bits per heavy atom. The van der Waals surface area contributed by atoms with Gasteiger partial charge in [-0.05, 0) is 36.6 Å². The summed E-state index contributed by atoms with van der Waals surface area (Å²) in [5, 5.41) is 14.3. The van der Waals surface area contributed by atoms with E-state index in [0.717, 1.165) is 52.6 Å². The molecule has 7 heteroatoms. The molecule has 0 radical (unpaired) electrons. The molecule has 0 aliphatic rings. The van der Waals surface area contributed by atoms with Gasteiger partial charge < -0.3 is 10.4 Å². The first-order chi connectivity index (χ1) is 14.7. The zero-order valence-corrected chi connectivity index (χ0v) is 17.0. The van der Waals surface area contributed by atoms with Gasteiger partial charge in [0.15, 0.2) is 5.82 Å². The molecule has 3 heterocycles. The first-order valence-electron chi connectivity index (χ1n) is 9.59. The number of thiophene rings is 1. The Bertz CT molecular complexity index is 1170. The Kier molecular flexibility index (Phi) is 6.10. The van der Waals surface area contributed by atoms with E-state index in [9.17, 15) is 4.79 Å². The van der Waals surface area contributed by atoms with Crippen molar-refractivity contribution in [3.05, 3.63) is 77.4 Å². The van der Waals surface area contributed by atoms with Crippen LogP contribution in [0.1, 0.15) is 17.5 Å². The van der Waals surface area contributed by atoms with E-state index in [0.29, 0.717) is 5.82 Å². The Morgan fingerprint density at radius 2 is 1.90 bits per heavy atom. The first kappa shape index (κ1) is 19.7. The third-order valence-electron chi connectivity index (χ3n) is 4.56. The van der Waals surface area contributed by atoms with Gasteiger partial charge in [0.1, 0.15) is 5.82 Å². The summed E-state index contributed by atoms with van der Waals surface area (Å²) in [6, 6.07) is 14.1. The predicted molar refractivity (Wildman–Crippen MR) is 121 cm³/mol. The highest BCUT2D eigenvalue weighted by molar-refractivity contribution is 7.18. The third kappa shape index (κ3) is 4.69. The van der Waals surface area contributed by atoms with E-state index in [1.54, 1.807) is 18.5 Å². The van der Waals surface area contributed by atoms with Crippen molar-refractivity contribution in [1.29, 1.82) is 0 Å². The summed E-state index contributed by atoms with van der Waals surface area (Å²) < 4.78 is 0.914. The van der Waals surface area contributed by atoms with E-state index >= 15 is 0 Å². The van der Waals surface area contributed by atoms with Gasteiger partial charge in [0, 0.05) is 41.5 Å². The molecule has 0 amide bonds. The molecule has 0 saturated heterocycles. The minimum absolute atomic E-state index is 0.582. The number of carboxylic acid groups (broad SMARTS) is 1. The molecule has 4 rings (SSSR count). The number of carboxylic acids is 1. The van der Waals surface area contributed by atoms with E-state index in [4.69, 9.17) is 15.1 Å². The molecule has 0 spiro atoms. The van der Waals surface area contributed by atoms with Gasteiger partial charge in [-0.15, -0.1) is 11.3 Å². The zero-order valence-electron chi connectivity index (χ0n) is 16.2. The Morgan fingerprint density at radius 1 is 1.10 bits per heavy atom. The standard InChI is InChI=1S/C23H20N4O2S/c28-19(29)9-8-18-15-30-21-20(18)26-22(17-10-13-24-14-11-17)27-23(21)25-12-4-7-16-5-2-1-3-6-16/h1-3,5-6,8-11,13-15H,4,7,12H2,(H,28,29)(H,25,26,27)/b9-8+. The summed E-state index contributed by atoms with van der Waals surface area (Å²) in [6.07, 6.45) is 8.06. The number of aliphatic carboxylic acids is 1. The van der Waals surface area contributed by atoms with Crippen LogP contribution in [0.2, 0.25) is 0 Å². The van der Waals surface area contributed by atoms with Crippen LogP contribution in [0.15, 0.2) is 66.3 Å². The highest BCUT2D eigenvalue weighted by Gasteiger charge is 2.14. The fourth-order valence-electron chi connectivity index (χ4n) is 3.11. The van der Waals surface area contributed by atoms with Gasteiger partial charge in [-0.1, -0.05) is 30.3 Å². The molecule has 0 atom stereocenters. The number of carbonyl (C=O) groups is 1. The number of aromatic nitrogens is 3. The van der Waals surface area contributed by atoms with Gasteiger partial charge in [0.05, 0.1) is 10.2 Å². The maximum absolute atomic E-state index is 10.9. The first-order valence-corrected chi connectivity index (χ1v) is 10.5. The lowest BCUT2D eigenvalue weighted by molar-refractivity contribution is -0.131. The number of aryl methyl sites for hydroxylation is 1. The van der Waals surface area contributed by atoms with E-state index < -0.39 is 5.97 Å². The topological polar surface area (TPSA) is 88.0 Å². The van der Waals surface area contributed by atoms with Crippen LogP contribution in [0.5, 0.6) is 0 Å². The quantitative estimate of drug-likeness (QED) is 0.314. The lowest BCUT2D eigenvalue weighted by Gasteiger charge is -2.09. The van der Waals surface area contributed by atoms with Gasteiger partial charge in [-0.3, -0.25) is 4.98 Å². The summed E-state index contributed by atoms with van der Waals surface area (Å²) in [4.78, 5) is 24.4. The van der Waals surface area contributed by atoms with Crippen molar-refractivity contribution in [2.24, 2.45) is 0 Å². The van der Waals surface area contributed by atoms with E-state index in [2.05, 4.69) is 34.6 Å². The molecule has 2 N–H and O–H groups in total. The second-order valence-corrected chi connectivity index (χ2v) is 7.57. The van der Waals surface area contributed by atoms with Crippen molar-refractivity contribution in [3.8, 4) is 11.4 Å². The minimum Gasteiger partial charge on any atom is -0.478 e. The van der Waals surface area contributed by atoms with Crippen molar-refractivity contribution in [2.75, 3.05) is 11.9 Å². The second kappa shape index (κ2) is 9.28. The molecule has 0 saturated carbocycles. The van der Waals surface area contributed by atoms with Crippen molar-refractivity contribution >= 4 is 39.4 Å². The van der Waals surface area contributed by atoms with Gasteiger partial charge in [0.25, 0.3) is 0 Å². The maximum Gasteiger partial charge on any atom is 0.328 e. The van der Waals surface area contributed by atoms with Gasteiger partial charge in [0.2, 0.25) is 0 Å². The number of hydrogen-bond donors (Lipinski definition) is 2. The lowest BCUT2D eigenvalue weighted by Crippen LogP contribution is -2.06. The number of nitrogens with zero attached hydrogens (tertiary/aromatic N) is 3. The van der Waals surface area contributed by atoms with Crippen LogP contribution in [0.3, 0.4) is 0 Å². The van der Waals surface area contributed by atoms with Crippen molar-refractivity contribution in [3.63, 3.8) is 0 Å². The van der Waals surface area contributed by atoms with E-state index in [1.165, 1.54) is 16.9 Å². The summed E-state index contributed by atoms with van der Waals surface area (Å²) in [5.74, 6) is 0.357. The highest BCUT2D eigenvalue weighted by Crippen LogP contribution is 2.33. The number of rotatable bonds is 8. The normalized spacial score (nSPS) is 11.2. The number of anilines is 1. The Labute approximate surface area is 178 Å². The summed E-state index contributed by atoms with van der Waals surface area (Å²) in [5.41, 5.74) is 3.67. The smallest absolute Gasteiger partial charge is 0.328 e. The van der Waals surface area contributed by atoms with Gasteiger partial charge in [-0.2, -0.15) is 0 Å². The van der Waals surface area contributed by atoms with Crippen LogP contribution in [0.25, 0.3) is 27.7 Å². The average molecular weight is 417 g/mol. The third-order valence-corrected chi connectivity index (χ3v) is 5.56. The molecule has 0 unspecified atom stereocenters. The average Bonchev–Trinajstić information content (AvgIpc) is 3.19. The molecule has 0 bridgehead atoms. The van der Waals surface area contributed by atoms with Crippen molar-refractivity contribution in [2.45, 2.75) is 12.8 Å². The second-order valence-electron chi connectivity index (χ2n) is 6.69. The molecule has 30 heavy (non-hydrogen) atoms. The SMILES string of the molecule is O=C(O)/C=C/c1csc2c(NCCCc3ccccc3)nc(-c3ccncc3)nc12. The Hall–Kier alpha value is -3.58. The fourth-order valence-corrected chi connectivity index (χ4v) is 4.05. The van der Waals surface area contributed by atoms with Crippen molar-refractivity contribution < 1.29 is 9.90 Å². The molecule has 0 fully saturated rings. The fraction of sp³-hybridized carbons (Fsp3) is 0.130. The summed E-state index contributed by atoms with van der Waals surface area (Å²) >= 11 is 1.51. The molecule has 4 aromatic rings. The molecule has 0 aliphatic heterocycles. The Balaban J connectivity index is 1.62. The molecule has 6 nitrogen and oxygen atoms in total. The van der Waals surface area contributed by atoms with Crippen LogP contribution in [-0.2, 0) is 11.2 Å². The highest BCUT2D eigenvalue weighted by atomic mass is 32.1. The maximum atomic E-state index is 10.9. The number of nitrogens with one attached hydrogen (secondary N) is 1. The van der Waals surface area contributed by atoms with E-state index in [1.807, 2.05) is 23.6 Å². The number of benzene rings is 1. The molecular weight excluding hydrogens is 396 g/mol.